The van der Waals surface area contributed by atoms with E-state index < -0.39 is 0 Å². The molecule has 62 valence electrons. The lowest BCUT2D eigenvalue weighted by molar-refractivity contribution is 1.30. The molecule has 0 radical (unpaired) electrons. The first-order valence-electron chi connectivity index (χ1n) is 3.22. The van der Waals surface area contributed by atoms with Gasteiger partial charge in [-0.2, -0.15) is 0 Å². The van der Waals surface area contributed by atoms with Crippen molar-refractivity contribution in [1.29, 1.82) is 0 Å². The number of nitrogens with one attached hydrogen (secondary N) is 1. The van der Waals surface area contributed by atoms with E-state index in [1.54, 1.807) is 5.38 Å². The summed E-state index contributed by atoms with van der Waals surface area (Å²) in [6, 6.07) is 0. The van der Waals surface area contributed by atoms with Gasteiger partial charge in [0.1, 0.15) is 12.4 Å². The zero-order valence-electron chi connectivity index (χ0n) is 6.32. The number of nitrogen functional groups attached to an aromatic ring is 1. The van der Waals surface area contributed by atoms with Gasteiger partial charge in [-0.15, -0.1) is 17.8 Å². The van der Waals surface area contributed by atoms with Crippen molar-refractivity contribution in [3.63, 3.8) is 0 Å². The number of anilines is 2. The summed E-state index contributed by atoms with van der Waals surface area (Å²) in [5.41, 5.74) is 5.39. The average molecular weight is 180 g/mol. The van der Waals surface area contributed by atoms with E-state index in [1.807, 2.05) is 0 Å². The van der Waals surface area contributed by atoms with Crippen LogP contribution in [0.4, 0.5) is 10.9 Å². The van der Waals surface area contributed by atoms with E-state index in [0.717, 1.165) is 0 Å². The number of hydrogen-bond donors (Lipinski definition) is 2. The van der Waals surface area contributed by atoms with Gasteiger partial charge in [0.25, 0.3) is 0 Å². The zero-order chi connectivity index (χ0) is 8.81. The van der Waals surface area contributed by atoms with Crippen LogP contribution in [0.1, 0.15) is 0 Å². The largest absolute Gasteiger partial charge is 0.383 e. The predicted octanol–water partition coefficient (Wildman–Crippen LogP) is 0.799. The Morgan fingerprint density at radius 2 is 2.75 bits per heavy atom. The maximum atomic E-state index is 5.39. The normalized spacial score (nSPS) is 9.92. The van der Waals surface area contributed by atoms with Crippen LogP contribution >= 0.6 is 11.3 Å². The molecule has 3 N–H and O–H groups in total. The number of rotatable bonds is 3. The van der Waals surface area contributed by atoms with Crippen molar-refractivity contribution >= 4 is 28.6 Å². The second kappa shape index (κ2) is 4.36. The first-order valence-corrected chi connectivity index (χ1v) is 4.10. The Morgan fingerprint density at radius 3 is 3.33 bits per heavy atom. The third-order valence-electron chi connectivity index (χ3n) is 0.984. The molecule has 4 nitrogen and oxygen atoms in total. The summed E-state index contributed by atoms with van der Waals surface area (Å²) in [6.45, 7) is 0.369. The van der Waals surface area contributed by atoms with Crippen molar-refractivity contribution in [3.05, 3.63) is 5.38 Å². The number of aromatic nitrogens is 1. The van der Waals surface area contributed by atoms with Gasteiger partial charge in [0.05, 0.1) is 6.34 Å². The van der Waals surface area contributed by atoms with Crippen LogP contribution < -0.4 is 11.1 Å². The van der Waals surface area contributed by atoms with Gasteiger partial charge in [0, 0.05) is 5.38 Å². The van der Waals surface area contributed by atoms with Crippen LogP contribution in [0.25, 0.3) is 0 Å². The Kier molecular flexibility index (Phi) is 3.11. The predicted molar refractivity (Wildman–Crippen MR) is 52.3 cm³/mol. The summed E-state index contributed by atoms with van der Waals surface area (Å²) in [6.07, 6.45) is 6.50. The molecule has 0 bridgehead atoms. The second-order valence-electron chi connectivity index (χ2n) is 1.90. The fourth-order valence-corrected chi connectivity index (χ4v) is 1.12. The van der Waals surface area contributed by atoms with Gasteiger partial charge in [-0.25, -0.2) is 4.98 Å². The lowest BCUT2D eigenvalue weighted by Gasteiger charge is -1.89. The molecular formula is C7H8N4S. The molecule has 1 heterocycles. The van der Waals surface area contributed by atoms with Crippen molar-refractivity contribution in [2.45, 2.75) is 0 Å². The standard InChI is InChI=1S/C7H8N4S/c1-2-3-9-5-10-7-11-6(8)4-12-7/h1,4-5H,3,8H2,(H,9,10,11). The van der Waals surface area contributed by atoms with E-state index in [0.29, 0.717) is 17.5 Å². The summed E-state index contributed by atoms with van der Waals surface area (Å²) in [5, 5.41) is 5.30. The molecule has 12 heavy (non-hydrogen) atoms. The van der Waals surface area contributed by atoms with E-state index in [1.165, 1.54) is 17.7 Å². The zero-order valence-corrected chi connectivity index (χ0v) is 7.14. The average Bonchev–Trinajstić information content (AvgIpc) is 2.45. The Labute approximate surface area is 74.5 Å². The highest BCUT2D eigenvalue weighted by molar-refractivity contribution is 7.14. The Hall–Kier alpha value is -1.54. The summed E-state index contributed by atoms with van der Waals surface area (Å²) in [5.74, 6) is 2.89. The fourth-order valence-electron chi connectivity index (χ4n) is 0.552. The maximum Gasteiger partial charge on any atom is 0.189 e. The van der Waals surface area contributed by atoms with E-state index in [-0.39, 0.29) is 0 Å². The molecule has 1 aromatic rings. The summed E-state index contributed by atoms with van der Waals surface area (Å²) < 4.78 is 0. The van der Waals surface area contributed by atoms with Crippen molar-refractivity contribution in [2.75, 3.05) is 17.6 Å². The van der Waals surface area contributed by atoms with Crippen LogP contribution in [0, 0.1) is 12.3 Å². The van der Waals surface area contributed by atoms with Crippen LogP contribution in [0.3, 0.4) is 0 Å². The van der Waals surface area contributed by atoms with Crippen molar-refractivity contribution in [3.8, 4) is 12.3 Å². The van der Waals surface area contributed by atoms with E-state index in [9.17, 15) is 0 Å². The van der Waals surface area contributed by atoms with E-state index in [2.05, 4.69) is 21.2 Å². The molecule has 0 aromatic carbocycles. The summed E-state index contributed by atoms with van der Waals surface area (Å²) >= 11 is 1.42. The number of nitrogens with two attached hydrogens (primary N) is 1. The number of hydrogen-bond acceptors (Lipinski definition) is 4. The number of aliphatic imine (C=N–C) groups is 1. The van der Waals surface area contributed by atoms with Crippen LogP contribution in [0.5, 0.6) is 0 Å². The SMILES string of the molecule is C#CCN=CNc1nc(N)cs1. The highest BCUT2D eigenvalue weighted by Crippen LogP contribution is 2.14. The van der Waals surface area contributed by atoms with Gasteiger partial charge in [0.2, 0.25) is 0 Å². The number of nitrogens with zero attached hydrogens (tertiary/aromatic N) is 2. The highest BCUT2D eigenvalue weighted by atomic mass is 32.1. The van der Waals surface area contributed by atoms with Gasteiger partial charge >= 0.3 is 0 Å². The highest BCUT2D eigenvalue weighted by Gasteiger charge is 1.93. The van der Waals surface area contributed by atoms with Gasteiger partial charge in [-0.3, -0.25) is 4.99 Å². The van der Waals surface area contributed by atoms with Gasteiger partial charge < -0.3 is 11.1 Å². The molecule has 1 aromatic heterocycles. The first-order chi connectivity index (χ1) is 5.83. The smallest absolute Gasteiger partial charge is 0.189 e. The number of thiazole rings is 1. The lowest BCUT2D eigenvalue weighted by atomic mass is 10.7. The summed E-state index contributed by atoms with van der Waals surface area (Å²) in [4.78, 5) is 7.80. The Bertz CT molecular complexity index is 309. The third-order valence-corrected chi connectivity index (χ3v) is 1.78. The van der Waals surface area contributed by atoms with Crippen molar-refractivity contribution in [1.82, 2.24) is 4.98 Å². The van der Waals surface area contributed by atoms with E-state index >= 15 is 0 Å². The lowest BCUT2D eigenvalue weighted by Crippen LogP contribution is -1.95. The molecule has 0 aliphatic carbocycles. The van der Waals surface area contributed by atoms with E-state index in [4.69, 9.17) is 12.2 Å². The van der Waals surface area contributed by atoms with Crippen molar-refractivity contribution < 1.29 is 0 Å². The van der Waals surface area contributed by atoms with Crippen LogP contribution in [0.2, 0.25) is 0 Å². The minimum Gasteiger partial charge on any atom is -0.383 e. The molecule has 0 spiro atoms. The van der Waals surface area contributed by atoms with Crippen LogP contribution in [0.15, 0.2) is 10.4 Å². The molecule has 0 aliphatic rings. The Morgan fingerprint density at radius 1 is 1.92 bits per heavy atom. The monoisotopic (exact) mass is 180 g/mol. The molecule has 0 amide bonds. The van der Waals surface area contributed by atoms with Gasteiger partial charge in [-0.1, -0.05) is 5.92 Å². The van der Waals surface area contributed by atoms with Gasteiger partial charge in [-0.05, 0) is 0 Å². The fraction of sp³-hybridized carbons (Fsp3) is 0.143. The minimum absolute atomic E-state index is 0.369. The second-order valence-corrected chi connectivity index (χ2v) is 2.75. The van der Waals surface area contributed by atoms with Crippen LogP contribution in [-0.2, 0) is 0 Å². The number of terminal acetylenes is 1. The molecule has 0 fully saturated rings. The molecule has 0 unspecified atom stereocenters. The van der Waals surface area contributed by atoms with Crippen LogP contribution in [-0.4, -0.2) is 17.9 Å². The van der Waals surface area contributed by atoms with Crippen molar-refractivity contribution in [2.24, 2.45) is 4.99 Å². The molecule has 0 aliphatic heterocycles. The molecule has 0 saturated heterocycles. The third kappa shape index (κ3) is 2.60. The summed E-state index contributed by atoms with van der Waals surface area (Å²) in [7, 11) is 0. The quantitative estimate of drug-likeness (QED) is 0.411. The molecular weight excluding hydrogens is 172 g/mol. The minimum atomic E-state index is 0.369. The maximum absolute atomic E-state index is 5.39. The van der Waals surface area contributed by atoms with Gasteiger partial charge in [0.15, 0.2) is 5.13 Å². The molecule has 0 saturated carbocycles. The topological polar surface area (TPSA) is 63.3 Å². The molecule has 5 heteroatoms. The molecule has 0 atom stereocenters. The first kappa shape index (κ1) is 8.56. The molecule has 1 rings (SSSR count). The Balaban J connectivity index is 2.39.